The van der Waals surface area contributed by atoms with Crippen molar-refractivity contribution in [2.75, 3.05) is 14.2 Å². The molecular formula is C20H23NO6. The van der Waals surface area contributed by atoms with Crippen molar-refractivity contribution in [3.63, 3.8) is 0 Å². The van der Waals surface area contributed by atoms with Crippen molar-refractivity contribution in [2.45, 2.75) is 33.8 Å². The number of Topliss-reactive ketones (excluding diaryl/α,β-unsaturated/α-hetero) is 2. The molecule has 2 rings (SSSR count). The molecule has 7 heteroatoms. The lowest BCUT2D eigenvalue weighted by atomic mass is 10.0. The van der Waals surface area contributed by atoms with Gasteiger partial charge in [-0.1, -0.05) is 0 Å². The Balaban J connectivity index is 2.28. The Bertz CT molecular complexity index is 896. The standard InChI is InChI=1S/C20H23NO6/c1-10-17(12(3)22)11(2)21-18(10)19(23)13(4)27-15-8-7-14(20(24)26-6)9-16(15)25-5/h7-9,13,21H,1-6H3/t13-/m1/s1. The van der Waals surface area contributed by atoms with Crippen molar-refractivity contribution in [3.05, 3.63) is 46.3 Å². The monoisotopic (exact) mass is 373 g/mol. The molecule has 1 aromatic carbocycles. The molecule has 0 saturated carbocycles. The Morgan fingerprint density at radius 3 is 2.26 bits per heavy atom. The van der Waals surface area contributed by atoms with Gasteiger partial charge in [0.05, 0.1) is 25.5 Å². The van der Waals surface area contributed by atoms with E-state index in [1.165, 1.54) is 33.3 Å². The Morgan fingerprint density at radius 1 is 1.07 bits per heavy atom. The maximum atomic E-state index is 12.8. The average molecular weight is 373 g/mol. The van der Waals surface area contributed by atoms with Gasteiger partial charge in [-0.3, -0.25) is 9.59 Å². The van der Waals surface area contributed by atoms with Gasteiger partial charge in [0, 0.05) is 11.3 Å². The molecule has 0 fully saturated rings. The van der Waals surface area contributed by atoms with Gasteiger partial charge < -0.3 is 19.2 Å². The van der Waals surface area contributed by atoms with Crippen LogP contribution in [0, 0.1) is 13.8 Å². The summed E-state index contributed by atoms with van der Waals surface area (Å²) in [5.74, 6) is -0.269. The molecule has 0 aliphatic heterocycles. The van der Waals surface area contributed by atoms with E-state index in [9.17, 15) is 14.4 Å². The smallest absolute Gasteiger partial charge is 0.337 e. The number of carbonyl (C=O) groups excluding carboxylic acids is 3. The number of benzene rings is 1. The van der Waals surface area contributed by atoms with Crippen molar-refractivity contribution in [1.29, 1.82) is 0 Å². The number of carbonyl (C=O) groups is 3. The quantitative estimate of drug-likeness (QED) is 0.591. The van der Waals surface area contributed by atoms with Crippen molar-refractivity contribution < 1.29 is 28.6 Å². The summed E-state index contributed by atoms with van der Waals surface area (Å²) in [5, 5.41) is 0. The maximum Gasteiger partial charge on any atom is 0.337 e. The summed E-state index contributed by atoms with van der Waals surface area (Å²) in [6.45, 7) is 6.55. The third-order valence-corrected chi connectivity index (χ3v) is 4.29. The number of ether oxygens (including phenoxy) is 3. The molecule has 0 amide bonds. The number of nitrogens with one attached hydrogen (secondary N) is 1. The molecule has 2 aromatic rings. The summed E-state index contributed by atoms with van der Waals surface area (Å²) in [7, 11) is 2.73. The molecule has 1 heterocycles. The molecule has 0 saturated heterocycles. The minimum Gasteiger partial charge on any atom is -0.493 e. The highest BCUT2D eigenvalue weighted by atomic mass is 16.5. The van der Waals surface area contributed by atoms with E-state index in [1.54, 1.807) is 26.8 Å². The predicted molar refractivity (Wildman–Crippen MR) is 99.0 cm³/mol. The molecule has 0 bridgehead atoms. The van der Waals surface area contributed by atoms with Gasteiger partial charge in [0.25, 0.3) is 0 Å². The molecule has 0 radical (unpaired) electrons. The molecule has 144 valence electrons. The van der Waals surface area contributed by atoms with E-state index in [0.29, 0.717) is 39.6 Å². The Labute approximate surface area is 157 Å². The van der Waals surface area contributed by atoms with Crippen LogP contribution in [0.4, 0.5) is 0 Å². The second-order valence-electron chi connectivity index (χ2n) is 6.16. The molecule has 1 N–H and O–H groups in total. The van der Waals surface area contributed by atoms with Crippen LogP contribution in [0.2, 0.25) is 0 Å². The van der Waals surface area contributed by atoms with Crippen LogP contribution in [0.25, 0.3) is 0 Å². The summed E-state index contributed by atoms with van der Waals surface area (Å²) >= 11 is 0. The highest BCUT2D eigenvalue weighted by Crippen LogP contribution is 2.30. The first-order valence-corrected chi connectivity index (χ1v) is 8.38. The van der Waals surface area contributed by atoms with E-state index < -0.39 is 12.1 Å². The van der Waals surface area contributed by atoms with Crippen LogP contribution in [-0.2, 0) is 4.74 Å². The first kappa shape index (κ1) is 20.2. The van der Waals surface area contributed by atoms with E-state index in [2.05, 4.69) is 9.72 Å². The molecule has 1 aromatic heterocycles. The number of ketones is 2. The number of hydrogen-bond acceptors (Lipinski definition) is 6. The zero-order valence-corrected chi connectivity index (χ0v) is 16.3. The van der Waals surface area contributed by atoms with E-state index in [1.807, 2.05) is 0 Å². The Kier molecular flexibility index (Phi) is 6.05. The van der Waals surface area contributed by atoms with E-state index in [-0.39, 0.29) is 11.6 Å². The fourth-order valence-corrected chi connectivity index (χ4v) is 2.98. The topological polar surface area (TPSA) is 94.7 Å². The number of esters is 1. The van der Waals surface area contributed by atoms with Gasteiger partial charge in [0.15, 0.2) is 23.4 Å². The number of aromatic nitrogens is 1. The number of H-pyrrole nitrogens is 1. The number of methoxy groups -OCH3 is 2. The predicted octanol–water partition coefficient (Wildman–Crippen LogP) is 3.28. The second-order valence-corrected chi connectivity index (χ2v) is 6.16. The number of hydrogen-bond donors (Lipinski definition) is 1. The molecule has 0 aliphatic carbocycles. The zero-order chi connectivity index (χ0) is 20.3. The summed E-state index contributed by atoms with van der Waals surface area (Å²) in [4.78, 5) is 39.2. The molecule has 27 heavy (non-hydrogen) atoms. The van der Waals surface area contributed by atoms with Crippen LogP contribution in [0.15, 0.2) is 18.2 Å². The van der Waals surface area contributed by atoms with Crippen LogP contribution in [0.5, 0.6) is 11.5 Å². The lowest BCUT2D eigenvalue weighted by molar-refractivity contribution is 0.0599. The second kappa shape index (κ2) is 8.07. The highest BCUT2D eigenvalue weighted by molar-refractivity contribution is 6.04. The normalized spacial score (nSPS) is 11.6. The van der Waals surface area contributed by atoms with Crippen molar-refractivity contribution in [2.24, 2.45) is 0 Å². The van der Waals surface area contributed by atoms with Crippen molar-refractivity contribution in [1.82, 2.24) is 4.98 Å². The van der Waals surface area contributed by atoms with Gasteiger partial charge in [-0.2, -0.15) is 0 Å². The zero-order valence-electron chi connectivity index (χ0n) is 16.3. The molecule has 7 nitrogen and oxygen atoms in total. The Morgan fingerprint density at radius 2 is 1.74 bits per heavy atom. The highest BCUT2D eigenvalue weighted by Gasteiger charge is 2.25. The van der Waals surface area contributed by atoms with Gasteiger partial charge in [-0.15, -0.1) is 0 Å². The molecule has 0 spiro atoms. The van der Waals surface area contributed by atoms with Crippen LogP contribution < -0.4 is 9.47 Å². The van der Waals surface area contributed by atoms with Crippen LogP contribution in [0.1, 0.15) is 56.3 Å². The summed E-state index contributed by atoms with van der Waals surface area (Å²) in [5.41, 5.74) is 2.42. The SMILES string of the molecule is COC(=O)c1ccc(O[C@H](C)C(=O)c2[nH]c(C)c(C(C)=O)c2C)c(OC)c1. The van der Waals surface area contributed by atoms with Gasteiger partial charge in [0.2, 0.25) is 5.78 Å². The first-order chi connectivity index (χ1) is 12.7. The summed E-state index contributed by atoms with van der Waals surface area (Å²) < 4.78 is 15.7. The minimum absolute atomic E-state index is 0.103. The Hall–Kier alpha value is -3.09. The molecule has 0 aliphatic rings. The third kappa shape index (κ3) is 4.02. The van der Waals surface area contributed by atoms with Gasteiger partial charge in [0.1, 0.15) is 0 Å². The maximum absolute atomic E-state index is 12.8. The lowest BCUT2D eigenvalue weighted by Gasteiger charge is -2.16. The van der Waals surface area contributed by atoms with E-state index >= 15 is 0 Å². The third-order valence-electron chi connectivity index (χ3n) is 4.29. The van der Waals surface area contributed by atoms with Crippen LogP contribution in [-0.4, -0.2) is 42.8 Å². The van der Waals surface area contributed by atoms with Crippen LogP contribution >= 0.6 is 0 Å². The van der Waals surface area contributed by atoms with Crippen LogP contribution in [0.3, 0.4) is 0 Å². The van der Waals surface area contributed by atoms with Gasteiger partial charge in [-0.25, -0.2) is 4.79 Å². The molecule has 0 unspecified atom stereocenters. The largest absolute Gasteiger partial charge is 0.493 e. The summed E-state index contributed by atoms with van der Waals surface area (Å²) in [6.07, 6.45) is -0.834. The number of rotatable bonds is 7. The fourth-order valence-electron chi connectivity index (χ4n) is 2.98. The number of aryl methyl sites for hydroxylation is 1. The molecular weight excluding hydrogens is 350 g/mol. The van der Waals surface area contributed by atoms with Crippen molar-refractivity contribution in [3.8, 4) is 11.5 Å². The first-order valence-electron chi connectivity index (χ1n) is 8.38. The van der Waals surface area contributed by atoms with Gasteiger partial charge >= 0.3 is 5.97 Å². The van der Waals surface area contributed by atoms with Crippen molar-refractivity contribution >= 4 is 17.5 Å². The average Bonchev–Trinajstić information content (AvgIpc) is 2.94. The lowest BCUT2D eigenvalue weighted by Crippen LogP contribution is -2.25. The van der Waals surface area contributed by atoms with Gasteiger partial charge in [-0.05, 0) is 51.5 Å². The summed E-state index contributed by atoms with van der Waals surface area (Å²) in [6, 6.07) is 4.55. The number of aromatic amines is 1. The van der Waals surface area contributed by atoms with E-state index in [0.717, 1.165) is 0 Å². The fraction of sp³-hybridized carbons (Fsp3) is 0.350. The van der Waals surface area contributed by atoms with E-state index in [4.69, 9.17) is 9.47 Å². The minimum atomic E-state index is -0.834. The molecule has 1 atom stereocenters.